The van der Waals surface area contributed by atoms with E-state index in [4.69, 9.17) is 0 Å². The Kier molecular flexibility index (Phi) is 3.97. The summed E-state index contributed by atoms with van der Waals surface area (Å²) in [6.07, 6.45) is 0. The Morgan fingerprint density at radius 2 is 1.56 bits per heavy atom. The molecule has 2 aromatic rings. The van der Waals surface area contributed by atoms with Crippen LogP contribution in [-0.2, 0) is 5.92 Å². The van der Waals surface area contributed by atoms with Crippen LogP contribution in [0.25, 0.3) is 0 Å². The van der Waals surface area contributed by atoms with Gasteiger partial charge in [0.05, 0.1) is 6.54 Å². The standard InChI is InChI=1S/C14H12BrF2N/c15-12-8-4-5-9-13(12)18-10-14(16,17)11-6-2-1-3-7-11/h1-9,18H,10H2. The molecule has 0 aromatic heterocycles. The molecule has 0 spiro atoms. The van der Waals surface area contributed by atoms with E-state index in [1.165, 1.54) is 12.1 Å². The summed E-state index contributed by atoms with van der Waals surface area (Å²) in [5.74, 6) is -2.89. The Morgan fingerprint density at radius 3 is 2.22 bits per heavy atom. The van der Waals surface area contributed by atoms with Gasteiger partial charge in [-0.1, -0.05) is 42.5 Å². The van der Waals surface area contributed by atoms with Crippen LogP contribution in [0.15, 0.2) is 59.1 Å². The molecule has 0 saturated heterocycles. The zero-order valence-corrected chi connectivity index (χ0v) is 11.1. The van der Waals surface area contributed by atoms with E-state index in [1.807, 2.05) is 12.1 Å². The highest BCUT2D eigenvalue weighted by Crippen LogP contribution is 2.29. The second-order valence-electron chi connectivity index (χ2n) is 3.90. The SMILES string of the molecule is FC(F)(CNc1ccccc1Br)c1ccccc1. The van der Waals surface area contributed by atoms with Gasteiger partial charge in [-0.3, -0.25) is 0 Å². The summed E-state index contributed by atoms with van der Waals surface area (Å²) in [6, 6.07) is 15.0. The zero-order valence-electron chi connectivity index (χ0n) is 9.54. The van der Waals surface area contributed by atoms with Crippen LogP contribution in [-0.4, -0.2) is 6.54 Å². The highest BCUT2D eigenvalue weighted by atomic mass is 79.9. The van der Waals surface area contributed by atoms with Crippen molar-refractivity contribution >= 4 is 21.6 Å². The molecule has 2 rings (SSSR count). The Balaban J connectivity index is 2.08. The number of rotatable bonds is 4. The number of para-hydroxylation sites is 1. The fraction of sp³-hybridized carbons (Fsp3) is 0.143. The van der Waals surface area contributed by atoms with Crippen molar-refractivity contribution in [1.29, 1.82) is 0 Å². The maximum absolute atomic E-state index is 13.9. The summed E-state index contributed by atoms with van der Waals surface area (Å²) in [6.45, 7) is -0.431. The van der Waals surface area contributed by atoms with Crippen LogP contribution in [0.3, 0.4) is 0 Å². The van der Waals surface area contributed by atoms with Crippen LogP contribution in [0.5, 0.6) is 0 Å². The third-order valence-electron chi connectivity index (χ3n) is 2.57. The molecule has 1 N–H and O–H groups in total. The smallest absolute Gasteiger partial charge is 0.290 e. The molecule has 0 heterocycles. The zero-order chi connectivity index (χ0) is 13.0. The molecule has 18 heavy (non-hydrogen) atoms. The van der Waals surface area contributed by atoms with Gasteiger partial charge in [0.15, 0.2) is 0 Å². The molecule has 0 aliphatic heterocycles. The first-order valence-corrected chi connectivity index (χ1v) is 6.31. The number of halogens is 3. The third kappa shape index (κ3) is 3.07. The molecule has 4 heteroatoms. The minimum absolute atomic E-state index is 0.0181. The molecule has 94 valence electrons. The minimum atomic E-state index is -2.89. The number of anilines is 1. The van der Waals surface area contributed by atoms with Crippen LogP contribution in [0.2, 0.25) is 0 Å². The average Bonchev–Trinajstić information content (AvgIpc) is 2.39. The van der Waals surface area contributed by atoms with Gasteiger partial charge in [0.25, 0.3) is 5.92 Å². The van der Waals surface area contributed by atoms with Gasteiger partial charge in [0.2, 0.25) is 0 Å². The molecule has 0 fully saturated rings. The van der Waals surface area contributed by atoms with Gasteiger partial charge in [-0.15, -0.1) is 0 Å². The predicted octanol–water partition coefficient (Wildman–Crippen LogP) is 4.65. The monoisotopic (exact) mass is 311 g/mol. The van der Waals surface area contributed by atoms with Crippen molar-refractivity contribution in [2.24, 2.45) is 0 Å². The Morgan fingerprint density at radius 1 is 0.944 bits per heavy atom. The van der Waals surface area contributed by atoms with Gasteiger partial charge >= 0.3 is 0 Å². The fourth-order valence-electron chi connectivity index (χ4n) is 1.59. The summed E-state index contributed by atoms with van der Waals surface area (Å²) < 4.78 is 28.6. The van der Waals surface area contributed by atoms with Crippen molar-refractivity contribution in [2.75, 3.05) is 11.9 Å². The lowest BCUT2D eigenvalue weighted by Gasteiger charge is -2.18. The number of alkyl halides is 2. The van der Waals surface area contributed by atoms with Crippen LogP contribution >= 0.6 is 15.9 Å². The predicted molar refractivity (Wildman–Crippen MR) is 73.0 cm³/mol. The number of benzene rings is 2. The normalized spacial score (nSPS) is 11.3. The van der Waals surface area contributed by atoms with Crippen molar-refractivity contribution in [3.8, 4) is 0 Å². The molecule has 0 bridgehead atoms. The maximum Gasteiger partial charge on any atom is 0.290 e. The van der Waals surface area contributed by atoms with Crippen molar-refractivity contribution in [3.63, 3.8) is 0 Å². The topological polar surface area (TPSA) is 12.0 Å². The molecule has 0 atom stereocenters. The van der Waals surface area contributed by atoms with Crippen molar-refractivity contribution in [2.45, 2.75) is 5.92 Å². The molecule has 0 saturated carbocycles. The van der Waals surface area contributed by atoms with Crippen LogP contribution < -0.4 is 5.32 Å². The second kappa shape index (κ2) is 5.48. The molecule has 0 amide bonds. The van der Waals surface area contributed by atoms with Gasteiger partial charge in [0.1, 0.15) is 0 Å². The van der Waals surface area contributed by atoms with E-state index in [2.05, 4.69) is 21.2 Å². The van der Waals surface area contributed by atoms with Crippen molar-refractivity contribution in [1.82, 2.24) is 0 Å². The molecule has 2 aromatic carbocycles. The fourth-order valence-corrected chi connectivity index (χ4v) is 2.02. The quantitative estimate of drug-likeness (QED) is 0.866. The number of nitrogens with one attached hydrogen (secondary N) is 1. The van der Waals surface area contributed by atoms with Gasteiger partial charge in [-0.05, 0) is 28.1 Å². The third-order valence-corrected chi connectivity index (χ3v) is 3.26. The van der Waals surface area contributed by atoms with E-state index in [0.717, 1.165) is 4.47 Å². The first kappa shape index (κ1) is 13.0. The van der Waals surface area contributed by atoms with E-state index in [1.54, 1.807) is 30.3 Å². The van der Waals surface area contributed by atoms with Gasteiger partial charge in [-0.2, -0.15) is 8.78 Å². The van der Waals surface area contributed by atoms with E-state index in [0.29, 0.717) is 5.69 Å². The molecular formula is C14H12BrF2N. The van der Waals surface area contributed by atoms with Crippen LogP contribution in [0.1, 0.15) is 5.56 Å². The summed E-state index contributed by atoms with van der Waals surface area (Å²) >= 11 is 3.31. The first-order chi connectivity index (χ1) is 8.59. The Labute approximate surface area is 113 Å². The average molecular weight is 312 g/mol. The van der Waals surface area contributed by atoms with E-state index >= 15 is 0 Å². The van der Waals surface area contributed by atoms with Crippen molar-refractivity contribution in [3.05, 3.63) is 64.6 Å². The van der Waals surface area contributed by atoms with Crippen LogP contribution in [0.4, 0.5) is 14.5 Å². The van der Waals surface area contributed by atoms with E-state index in [-0.39, 0.29) is 5.56 Å². The number of hydrogen-bond acceptors (Lipinski definition) is 1. The van der Waals surface area contributed by atoms with E-state index in [9.17, 15) is 8.78 Å². The summed E-state index contributed by atoms with van der Waals surface area (Å²) in [7, 11) is 0. The lowest BCUT2D eigenvalue weighted by Crippen LogP contribution is -2.24. The second-order valence-corrected chi connectivity index (χ2v) is 4.76. The first-order valence-electron chi connectivity index (χ1n) is 5.51. The highest BCUT2D eigenvalue weighted by Gasteiger charge is 2.30. The van der Waals surface area contributed by atoms with Gasteiger partial charge < -0.3 is 5.32 Å². The van der Waals surface area contributed by atoms with Crippen LogP contribution in [0, 0.1) is 0 Å². The lowest BCUT2D eigenvalue weighted by molar-refractivity contribution is 0.0106. The Bertz CT molecular complexity index is 514. The molecule has 1 nitrogen and oxygen atoms in total. The van der Waals surface area contributed by atoms with Gasteiger partial charge in [-0.25, -0.2) is 0 Å². The molecule has 0 aliphatic rings. The van der Waals surface area contributed by atoms with E-state index < -0.39 is 12.5 Å². The molecule has 0 unspecified atom stereocenters. The maximum atomic E-state index is 13.9. The van der Waals surface area contributed by atoms with Gasteiger partial charge in [0, 0.05) is 15.7 Å². The lowest BCUT2D eigenvalue weighted by atomic mass is 10.1. The Hall–Kier alpha value is -1.42. The largest absolute Gasteiger partial charge is 0.378 e. The molecular weight excluding hydrogens is 300 g/mol. The summed E-state index contributed by atoms with van der Waals surface area (Å²) in [5, 5.41) is 2.75. The summed E-state index contributed by atoms with van der Waals surface area (Å²) in [4.78, 5) is 0. The highest BCUT2D eigenvalue weighted by molar-refractivity contribution is 9.10. The van der Waals surface area contributed by atoms with Crippen molar-refractivity contribution < 1.29 is 8.78 Å². The minimum Gasteiger partial charge on any atom is -0.378 e. The molecule has 0 radical (unpaired) electrons. The summed E-state index contributed by atoms with van der Waals surface area (Å²) in [5.41, 5.74) is 0.678. The molecule has 0 aliphatic carbocycles. The number of hydrogen-bond donors (Lipinski definition) is 1.